The molecule has 0 bridgehead atoms. The van der Waals surface area contributed by atoms with E-state index < -0.39 is 5.82 Å². The van der Waals surface area contributed by atoms with Gasteiger partial charge in [0.1, 0.15) is 0 Å². The van der Waals surface area contributed by atoms with Crippen molar-refractivity contribution in [3.8, 4) is 0 Å². The Labute approximate surface area is 86.1 Å². The fraction of sp³-hybridized carbons (Fsp3) is 0.182. The summed E-state index contributed by atoms with van der Waals surface area (Å²) in [6.07, 6.45) is 0. The van der Waals surface area contributed by atoms with Gasteiger partial charge in [0.05, 0.1) is 0 Å². The molecule has 15 heavy (non-hydrogen) atoms. The van der Waals surface area contributed by atoms with Crippen LogP contribution in [0.1, 0.15) is 10.6 Å². The highest BCUT2D eigenvalue weighted by Crippen LogP contribution is 2.22. The number of nitrogens with zero attached hydrogens (tertiary/aromatic N) is 1. The summed E-state index contributed by atoms with van der Waals surface area (Å²) in [6, 6.07) is 6.13. The van der Waals surface area contributed by atoms with Gasteiger partial charge in [-0.1, -0.05) is 12.1 Å². The van der Waals surface area contributed by atoms with Gasteiger partial charge in [0.15, 0.2) is 17.2 Å². The number of carbonyl (C=O) groups excluding carboxylic acids is 1. The molecule has 1 aromatic carbocycles. The Hall–Kier alpha value is -1.84. The van der Waals surface area contributed by atoms with Gasteiger partial charge in [-0.25, -0.2) is 4.39 Å². The first-order chi connectivity index (χ1) is 7.09. The number of furan rings is 1. The Morgan fingerprint density at radius 1 is 1.40 bits per heavy atom. The van der Waals surface area contributed by atoms with Crippen LogP contribution in [0.25, 0.3) is 11.0 Å². The average molecular weight is 207 g/mol. The lowest BCUT2D eigenvalue weighted by Crippen LogP contribution is -2.20. The first-order valence-electron chi connectivity index (χ1n) is 4.49. The molecule has 0 fully saturated rings. The fourth-order valence-corrected chi connectivity index (χ4v) is 1.35. The third-order valence-electron chi connectivity index (χ3n) is 2.11. The summed E-state index contributed by atoms with van der Waals surface area (Å²) in [5.74, 6) is -0.573. The highest BCUT2D eigenvalue weighted by Gasteiger charge is 2.15. The molecule has 0 saturated carbocycles. The lowest BCUT2D eigenvalue weighted by molar-refractivity contribution is 0.0799. The smallest absolute Gasteiger partial charge is 0.289 e. The van der Waals surface area contributed by atoms with E-state index in [0.29, 0.717) is 5.39 Å². The molecule has 0 aliphatic heterocycles. The summed E-state index contributed by atoms with van der Waals surface area (Å²) < 4.78 is 18.4. The van der Waals surface area contributed by atoms with Crippen LogP contribution in [0.2, 0.25) is 0 Å². The highest BCUT2D eigenvalue weighted by molar-refractivity contribution is 5.95. The molecule has 1 amide bonds. The SMILES string of the molecule is CN(C)C(=O)c1cc2cccc(F)c2o1. The van der Waals surface area contributed by atoms with Crippen LogP contribution in [-0.4, -0.2) is 24.9 Å². The van der Waals surface area contributed by atoms with Crippen molar-refractivity contribution in [2.24, 2.45) is 0 Å². The molecule has 78 valence electrons. The minimum Gasteiger partial charge on any atom is -0.448 e. The summed E-state index contributed by atoms with van der Waals surface area (Å²) >= 11 is 0. The largest absolute Gasteiger partial charge is 0.448 e. The zero-order valence-electron chi connectivity index (χ0n) is 8.45. The van der Waals surface area contributed by atoms with Crippen LogP contribution in [0.4, 0.5) is 4.39 Å². The van der Waals surface area contributed by atoms with Crippen LogP contribution in [0, 0.1) is 5.82 Å². The second kappa shape index (κ2) is 3.38. The van der Waals surface area contributed by atoms with Gasteiger partial charge in [-0.15, -0.1) is 0 Å². The maximum atomic E-state index is 13.2. The molecule has 0 unspecified atom stereocenters. The van der Waals surface area contributed by atoms with Gasteiger partial charge in [-0.3, -0.25) is 4.79 Å². The summed E-state index contributed by atoms with van der Waals surface area (Å²) in [6.45, 7) is 0. The molecule has 0 atom stereocenters. The number of benzene rings is 1. The normalized spacial score (nSPS) is 10.6. The second-order valence-electron chi connectivity index (χ2n) is 3.47. The molecule has 2 rings (SSSR count). The Morgan fingerprint density at radius 2 is 2.13 bits per heavy atom. The molecule has 4 heteroatoms. The second-order valence-corrected chi connectivity index (χ2v) is 3.47. The molecule has 0 spiro atoms. The minimum absolute atomic E-state index is 0.128. The predicted octanol–water partition coefficient (Wildman–Crippen LogP) is 2.27. The minimum atomic E-state index is -0.453. The number of rotatable bonds is 1. The van der Waals surface area contributed by atoms with E-state index in [0.717, 1.165) is 0 Å². The van der Waals surface area contributed by atoms with Crippen LogP contribution in [0.5, 0.6) is 0 Å². The van der Waals surface area contributed by atoms with Crippen LogP contribution in [-0.2, 0) is 0 Å². The van der Waals surface area contributed by atoms with Crippen molar-refractivity contribution in [2.45, 2.75) is 0 Å². The predicted molar refractivity (Wildman–Crippen MR) is 54.2 cm³/mol. The van der Waals surface area contributed by atoms with Crippen molar-refractivity contribution in [3.63, 3.8) is 0 Å². The molecule has 0 saturated heterocycles. The number of fused-ring (bicyclic) bond motifs is 1. The van der Waals surface area contributed by atoms with E-state index in [1.165, 1.54) is 11.0 Å². The van der Waals surface area contributed by atoms with E-state index >= 15 is 0 Å². The van der Waals surface area contributed by atoms with E-state index in [-0.39, 0.29) is 17.3 Å². The van der Waals surface area contributed by atoms with Crippen molar-refractivity contribution in [1.82, 2.24) is 4.90 Å². The Kier molecular flexibility index (Phi) is 2.19. The zero-order chi connectivity index (χ0) is 11.0. The number of hydrogen-bond donors (Lipinski definition) is 0. The molecule has 0 N–H and O–H groups in total. The van der Waals surface area contributed by atoms with Crippen molar-refractivity contribution >= 4 is 16.9 Å². The maximum Gasteiger partial charge on any atom is 0.289 e. The summed E-state index contributed by atoms with van der Waals surface area (Å²) in [4.78, 5) is 12.9. The molecular formula is C11H10FNO2. The molecular weight excluding hydrogens is 197 g/mol. The first kappa shape index (κ1) is 9.71. The molecule has 2 aromatic rings. The van der Waals surface area contributed by atoms with Gasteiger partial charge in [0, 0.05) is 19.5 Å². The number of halogens is 1. The number of carbonyl (C=O) groups is 1. The number of amides is 1. The highest BCUT2D eigenvalue weighted by atomic mass is 19.1. The van der Waals surface area contributed by atoms with Gasteiger partial charge >= 0.3 is 0 Å². The standard InChI is InChI=1S/C11H10FNO2/c1-13(2)11(14)9-6-7-4-3-5-8(12)10(7)15-9/h3-6H,1-2H3. The van der Waals surface area contributed by atoms with Gasteiger partial charge in [-0.05, 0) is 12.1 Å². The Bertz CT molecular complexity index is 516. The van der Waals surface area contributed by atoms with E-state index in [9.17, 15) is 9.18 Å². The summed E-state index contributed by atoms with van der Waals surface area (Å²) in [7, 11) is 3.23. The van der Waals surface area contributed by atoms with Crippen molar-refractivity contribution in [1.29, 1.82) is 0 Å². The molecule has 3 nitrogen and oxygen atoms in total. The summed E-state index contributed by atoms with van der Waals surface area (Å²) in [5, 5.41) is 0.597. The van der Waals surface area contributed by atoms with Gasteiger partial charge in [0.2, 0.25) is 0 Å². The monoisotopic (exact) mass is 207 g/mol. The third-order valence-corrected chi connectivity index (χ3v) is 2.11. The molecule has 0 aliphatic rings. The molecule has 1 heterocycles. The van der Waals surface area contributed by atoms with E-state index in [1.807, 2.05) is 0 Å². The van der Waals surface area contributed by atoms with Crippen LogP contribution >= 0.6 is 0 Å². The topological polar surface area (TPSA) is 33.5 Å². The number of para-hydroxylation sites is 1. The van der Waals surface area contributed by atoms with Gasteiger partial charge in [0.25, 0.3) is 5.91 Å². The van der Waals surface area contributed by atoms with E-state index in [4.69, 9.17) is 4.42 Å². The Morgan fingerprint density at radius 3 is 2.73 bits per heavy atom. The molecule has 0 aliphatic carbocycles. The summed E-state index contributed by atoms with van der Waals surface area (Å²) in [5.41, 5.74) is 0.128. The van der Waals surface area contributed by atoms with Crippen molar-refractivity contribution < 1.29 is 13.6 Å². The quantitative estimate of drug-likeness (QED) is 0.718. The van der Waals surface area contributed by atoms with E-state index in [1.54, 1.807) is 32.3 Å². The third kappa shape index (κ3) is 1.58. The molecule has 1 aromatic heterocycles. The molecule has 0 radical (unpaired) electrons. The van der Waals surface area contributed by atoms with E-state index in [2.05, 4.69) is 0 Å². The maximum absolute atomic E-state index is 13.2. The zero-order valence-corrected chi connectivity index (χ0v) is 8.45. The van der Waals surface area contributed by atoms with Crippen molar-refractivity contribution in [2.75, 3.05) is 14.1 Å². The van der Waals surface area contributed by atoms with Crippen LogP contribution < -0.4 is 0 Å². The Balaban J connectivity index is 2.57. The average Bonchev–Trinajstić information content (AvgIpc) is 2.61. The first-order valence-corrected chi connectivity index (χ1v) is 4.49. The van der Waals surface area contributed by atoms with Crippen LogP contribution in [0.3, 0.4) is 0 Å². The fourth-order valence-electron chi connectivity index (χ4n) is 1.35. The lowest BCUT2D eigenvalue weighted by Gasteiger charge is -2.06. The van der Waals surface area contributed by atoms with Gasteiger partial charge < -0.3 is 9.32 Å². The number of hydrogen-bond acceptors (Lipinski definition) is 2. The lowest BCUT2D eigenvalue weighted by atomic mass is 10.2. The van der Waals surface area contributed by atoms with Crippen LogP contribution in [0.15, 0.2) is 28.7 Å². The van der Waals surface area contributed by atoms with Crippen molar-refractivity contribution in [3.05, 3.63) is 35.8 Å². The van der Waals surface area contributed by atoms with Gasteiger partial charge in [-0.2, -0.15) is 0 Å².